The van der Waals surface area contributed by atoms with Crippen molar-refractivity contribution >= 4 is 65.8 Å². The van der Waals surface area contributed by atoms with Crippen molar-refractivity contribution in [2.24, 2.45) is 0 Å². The molecule has 238 valence electrons. The highest BCUT2D eigenvalue weighted by molar-refractivity contribution is 6.27. The molecule has 4 heterocycles. The first-order chi connectivity index (χ1) is 25.3. The van der Waals surface area contributed by atoms with Gasteiger partial charge in [0.15, 0.2) is 5.82 Å². The van der Waals surface area contributed by atoms with Gasteiger partial charge in [0.2, 0.25) is 5.71 Å². The number of hydrogen-bond acceptors (Lipinski definition) is 4. The fourth-order valence-corrected chi connectivity index (χ4v) is 7.74. The summed E-state index contributed by atoms with van der Waals surface area (Å²) in [7, 11) is 0. The van der Waals surface area contributed by atoms with E-state index in [1.165, 1.54) is 10.8 Å². The van der Waals surface area contributed by atoms with E-state index >= 15 is 0 Å². The molecular weight excluding hydrogens is 627 g/mol. The number of para-hydroxylation sites is 2. The van der Waals surface area contributed by atoms with Gasteiger partial charge in [-0.25, -0.2) is 4.98 Å². The summed E-state index contributed by atoms with van der Waals surface area (Å²) in [6, 6.07) is 56.7. The molecule has 0 fully saturated rings. The number of nitrogens with zero attached hydrogens (tertiary/aromatic N) is 3. The molecule has 5 heteroatoms. The third kappa shape index (κ3) is 4.22. The van der Waals surface area contributed by atoms with Gasteiger partial charge >= 0.3 is 0 Å². The fourth-order valence-electron chi connectivity index (χ4n) is 7.74. The summed E-state index contributed by atoms with van der Waals surface area (Å²) < 4.78 is 15.2. The molecule has 11 rings (SSSR count). The molecule has 0 saturated carbocycles. The largest absolute Gasteiger partial charge is 0.456 e. The maximum Gasteiger partial charge on any atom is 0.231 e. The van der Waals surface area contributed by atoms with E-state index in [0.29, 0.717) is 11.5 Å². The van der Waals surface area contributed by atoms with E-state index in [-0.39, 0.29) is 0 Å². The second-order valence-electron chi connectivity index (χ2n) is 13.0. The van der Waals surface area contributed by atoms with Crippen LogP contribution in [0.1, 0.15) is 0 Å². The molecule has 5 nitrogen and oxygen atoms in total. The molecule has 0 aliphatic carbocycles. The molecule has 0 saturated heterocycles. The molecular formula is C46H27N3O2. The Morgan fingerprint density at radius 3 is 1.82 bits per heavy atom. The van der Waals surface area contributed by atoms with E-state index in [1.807, 2.05) is 60.7 Å². The average Bonchev–Trinajstić information content (AvgIpc) is 3.87. The number of benzene rings is 7. The summed E-state index contributed by atoms with van der Waals surface area (Å²) in [5.74, 6) is 0.638. The summed E-state index contributed by atoms with van der Waals surface area (Å²) in [6.45, 7) is 0. The van der Waals surface area contributed by atoms with Gasteiger partial charge in [-0.1, -0.05) is 109 Å². The Bertz CT molecular complexity index is 3120. The maximum absolute atomic E-state index is 6.46. The minimum atomic E-state index is 0.575. The van der Waals surface area contributed by atoms with Crippen LogP contribution in [-0.4, -0.2) is 14.5 Å². The van der Waals surface area contributed by atoms with Crippen LogP contribution in [0.3, 0.4) is 0 Å². The minimum Gasteiger partial charge on any atom is -0.456 e. The number of hydrogen-bond donors (Lipinski definition) is 0. The highest BCUT2D eigenvalue weighted by Crippen LogP contribution is 2.43. The SMILES string of the molecule is c1ccc(-c2nc(-c3ccccc3)c3c(n2)oc2ccc(-c4ccc5c(c4)c4c6c(ccc4n5-c4ccccc4)oc4ccccc46)cc23)cc1. The van der Waals surface area contributed by atoms with Gasteiger partial charge in [-0.15, -0.1) is 0 Å². The lowest BCUT2D eigenvalue weighted by molar-refractivity contribution is 0.653. The Hall–Kier alpha value is -6.98. The molecule has 0 unspecified atom stereocenters. The van der Waals surface area contributed by atoms with E-state index in [0.717, 1.165) is 83.0 Å². The lowest BCUT2D eigenvalue weighted by Gasteiger charge is -2.08. The molecule has 51 heavy (non-hydrogen) atoms. The molecule has 0 bridgehead atoms. The first kappa shape index (κ1) is 27.9. The van der Waals surface area contributed by atoms with Gasteiger partial charge in [0, 0.05) is 43.7 Å². The van der Waals surface area contributed by atoms with Crippen LogP contribution in [0.25, 0.3) is 105 Å². The summed E-state index contributed by atoms with van der Waals surface area (Å²) in [5, 5.41) is 6.49. The molecule has 0 amide bonds. The van der Waals surface area contributed by atoms with Crippen LogP contribution in [0.4, 0.5) is 0 Å². The van der Waals surface area contributed by atoms with Crippen molar-refractivity contribution in [2.45, 2.75) is 0 Å². The van der Waals surface area contributed by atoms with Crippen LogP contribution in [0.15, 0.2) is 173 Å². The van der Waals surface area contributed by atoms with Gasteiger partial charge in [0.05, 0.1) is 22.1 Å². The fraction of sp³-hybridized carbons (Fsp3) is 0. The molecule has 0 radical (unpaired) electrons. The zero-order valence-corrected chi connectivity index (χ0v) is 27.2. The summed E-state index contributed by atoms with van der Waals surface area (Å²) in [6.07, 6.45) is 0. The van der Waals surface area contributed by atoms with Crippen LogP contribution < -0.4 is 0 Å². The third-order valence-electron chi connectivity index (χ3n) is 10.0. The molecule has 0 spiro atoms. The molecule has 0 aliphatic rings. The second-order valence-corrected chi connectivity index (χ2v) is 13.0. The van der Waals surface area contributed by atoms with Gasteiger partial charge in [-0.2, -0.15) is 4.98 Å². The van der Waals surface area contributed by atoms with Crippen molar-refractivity contribution in [1.82, 2.24) is 14.5 Å². The van der Waals surface area contributed by atoms with Crippen LogP contribution in [0, 0.1) is 0 Å². The Morgan fingerprint density at radius 2 is 1.02 bits per heavy atom. The monoisotopic (exact) mass is 653 g/mol. The number of furan rings is 2. The van der Waals surface area contributed by atoms with Gasteiger partial charge in [0.1, 0.15) is 16.7 Å². The zero-order valence-electron chi connectivity index (χ0n) is 27.2. The summed E-state index contributed by atoms with van der Waals surface area (Å²) in [4.78, 5) is 10.1. The predicted molar refractivity (Wildman–Crippen MR) is 207 cm³/mol. The standard InChI is InChI=1S/C46H27N3O2/c1-4-12-28(13-5-1)44-43-35-27-31(21-24-39(35)51-46(43)48-45(47-44)29-14-6-2-7-15-29)30-20-22-36-34(26-30)41-37(49(36)32-16-8-3-9-17-32)23-25-40-42(41)33-18-10-11-19-38(33)50-40/h1-27H. The Balaban J connectivity index is 1.18. The Labute approximate surface area is 291 Å². The van der Waals surface area contributed by atoms with Crippen molar-refractivity contribution in [1.29, 1.82) is 0 Å². The quantitative estimate of drug-likeness (QED) is 0.190. The molecule has 0 atom stereocenters. The van der Waals surface area contributed by atoms with Gasteiger partial charge in [-0.3, -0.25) is 0 Å². The van der Waals surface area contributed by atoms with E-state index in [4.69, 9.17) is 18.8 Å². The zero-order chi connectivity index (χ0) is 33.5. The van der Waals surface area contributed by atoms with Crippen molar-refractivity contribution in [3.8, 4) is 39.5 Å². The summed E-state index contributed by atoms with van der Waals surface area (Å²) >= 11 is 0. The molecule has 0 N–H and O–H groups in total. The first-order valence-electron chi connectivity index (χ1n) is 17.1. The lowest BCUT2D eigenvalue weighted by Crippen LogP contribution is -1.93. The molecule has 0 aliphatic heterocycles. The summed E-state index contributed by atoms with van der Waals surface area (Å²) in [5.41, 5.74) is 11.5. The molecule has 4 aromatic heterocycles. The van der Waals surface area contributed by atoms with Crippen molar-refractivity contribution in [3.63, 3.8) is 0 Å². The number of rotatable bonds is 4. The van der Waals surface area contributed by atoms with Crippen LogP contribution >= 0.6 is 0 Å². The second kappa shape index (κ2) is 10.8. The van der Waals surface area contributed by atoms with Crippen molar-refractivity contribution < 1.29 is 8.83 Å². The smallest absolute Gasteiger partial charge is 0.231 e. The predicted octanol–water partition coefficient (Wildman–Crippen LogP) is 12.4. The lowest BCUT2D eigenvalue weighted by atomic mass is 9.98. The average molecular weight is 654 g/mol. The van der Waals surface area contributed by atoms with Gasteiger partial charge in [0.25, 0.3) is 0 Å². The van der Waals surface area contributed by atoms with E-state index in [1.54, 1.807) is 0 Å². The highest BCUT2D eigenvalue weighted by atomic mass is 16.3. The maximum atomic E-state index is 6.46. The minimum absolute atomic E-state index is 0.575. The molecule has 11 aromatic rings. The number of aromatic nitrogens is 3. The normalized spacial score (nSPS) is 11.9. The highest BCUT2D eigenvalue weighted by Gasteiger charge is 2.21. The van der Waals surface area contributed by atoms with Gasteiger partial charge < -0.3 is 13.4 Å². The Kier molecular flexibility index (Phi) is 5.89. The van der Waals surface area contributed by atoms with E-state index < -0.39 is 0 Å². The third-order valence-corrected chi connectivity index (χ3v) is 10.0. The van der Waals surface area contributed by atoms with Crippen molar-refractivity contribution in [2.75, 3.05) is 0 Å². The van der Waals surface area contributed by atoms with Gasteiger partial charge in [-0.05, 0) is 65.7 Å². The van der Waals surface area contributed by atoms with E-state index in [2.05, 4.69) is 108 Å². The number of fused-ring (bicyclic) bond motifs is 10. The van der Waals surface area contributed by atoms with Crippen LogP contribution in [0.2, 0.25) is 0 Å². The first-order valence-corrected chi connectivity index (χ1v) is 17.1. The Morgan fingerprint density at radius 1 is 0.392 bits per heavy atom. The van der Waals surface area contributed by atoms with E-state index in [9.17, 15) is 0 Å². The van der Waals surface area contributed by atoms with Crippen LogP contribution in [0.5, 0.6) is 0 Å². The van der Waals surface area contributed by atoms with Crippen LogP contribution in [-0.2, 0) is 0 Å². The molecule has 7 aromatic carbocycles. The topological polar surface area (TPSA) is 57.0 Å². The van der Waals surface area contributed by atoms with Crippen molar-refractivity contribution in [3.05, 3.63) is 164 Å².